The number of primary amides is 1. The lowest BCUT2D eigenvalue weighted by Crippen LogP contribution is -2.50. The fourth-order valence-electron chi connectivity index (χ4n) is 2.33. The monoisotopic (exact) mass is 213 g/mol. The van der Waals surface area contributed by atoms with E-state index >= 15 is 0 Å². The first-order chi connectivity index (χ1) is 7.19. The lowest BCUT2D eigenvalue weighted by atomic mass is 10.1. The van der Waals surface area contributed by atoms with Crippen LogP contribution in [0, 0.1) is 0 Å². The van der Waals surface area contributed by atoms with Crippen molar-refractivity contribution in [1.82, 2.24) is 10.2 Å². The highest BCUT2D eigenvalue weighted by Gasteiger charge is 2.26. The second-order valence-electron chi connectivity index (χ2n) is 4.21. The largest absolute Gasteiger partial charge is 0.368 e. The third-order valence-electron chi connectivity index (χ3n) is 3.18. The number of nitrogens with one attached hydrogen (secondary N) is 1. The van der Waals surface area contributed by atoms with E-state index in [0.29, 0.717) is 6.04 Å². The molecule has 0 spiro atoms. The molecule has 1 rings (SSSR count). The Morgan fingerprint density at radius 1 is 1.60 bits per heavy atom. The van der Waals surface area contributed by atoms with Gasteiger partial charge in [-0.25, -0.2) is 0 Å². The van der Waals surface area contributed by atoms with Gasteiger partial charge >= 0.3 is 0 Å². The van der Waals surface area contributed by atoms with Crippen molar-refractivity contribution in [2.75, 3.05) is 19.6 Å². The minimum atomic E-state index is -0.237. The summed E-state index contributed by atoms with van der Waals surface area (Å²) in [7, 11) is 0. The third kappa shape index (κ3) is 3.47. The number of likely N-dealkylation sites (N-methyl/N-ethyl adjacent to an activating group) is 1. The normalized spacial score (nSPS) is 24.3. The number of nitrogens with two attached hydrogens (primary N) is 1. The average Bonchev–Trinajstić information content (AvgIpc) is 2.64. The molecule has 2 atom stereocenters. The number of hydrogen-bond donors (Lipinski definition) is 2. The Hall–Kier alpha value is -0.610. The molecule has 3 N–H and O–H groups in total. The molecule has 1 aliphatic rings. The molecule has 1 aliphatic heterocycles. The van der Waals surface area contributed by atoms with Crippen molar-refractivity contribution < 1.29 is 4.79 Å². The van der Waals surface area contributed by atoms with Crippen LogP contribution < -0.4 is 11.1 Å². The molecule has 0 aromatic rings. The van der Waals surface area contributed by atoms with Gasteiger partial charge in [0.1, 0.15) is 0 Å². The first-order valence-electron chi connectivity index (χ1n) is 5.95. The highest BCUT2D eigenvalue weighted by molar-refractivity contribution is 5.80. The van der Waals surface area contributed by atoms with E-state index in [-0.39, 0.29) is 11.9 Å². The number of carbonyl (C=O) groups is 1. The summed E-state index contributed by atoms with van der Waals surface area (Å²) in [6, 6.07) is 0.452. The highest BCUT2D eigenvalue weighted by Crippen LogP contribution is 2.19. The van der Waals surface area contributed by atoms with Crippen molar-refractivity contribution in [3.8, 4) is 0 Å². The SMILES string of the molecule is CCNC(CN1CCCC1CC)C(N)=O. The Morgan fingerprint density at radius 2 is 2.33 bits per heavy atom. The smallest absolute Gasteiger partial charge is 0.235 e. The van der Waals surface area contributed by atoms with E-state index in [1.807, 2.05) is 6.92 Å². The fraction of sp³-hybridized carbons (Fsp3) is 0.909. The Morgan fingerprint density at radius 3 is 2.87 bits per heavy atom. The molecule has 15 heavy (non-hydrogen) atoms. The molecular weight excluding hydrogens is 190 g/mol. The van der Waals surface area contributed by atoms with Crippen LogP contribution in [-0.4, -0.2) is 42.5 Å². The van der Waals surface area contributed by atoms with E-state index in [0.717, 1.165) is 26.1 Å². The molecular formula is C11H23N3O. The van der Waals surface area contributed by atoms with Gasteiger partial charge in [0.2, 0.25) is 5.91 Å². The van der Waals surface area contributed by atoms with Crippen molar-refractivity contribution in [1.29, 1.82) is 0 Å². The lowest BCUT2D eigenvalue weighted by molar-refractivity contribution is -0.120. The van der Waals surface area contributed by atoms with Crippen molar-refractivity contribution in [2.45, 2.75) is 45.2 Å². The fourth-order valence-corrected chi connectivity index (χ4v) is 2.33. The van der Waals surface area contributed by atoms with Gasteiger partial charge in [0, 0.05) is 12.6 Å². The molecule has 1 fully saturated rings. The van der Waals surface area contributed by atoms with E-state index in [4.69, 9.17) is 5.73 Å². The molecule has 0 aromatic heterocycles. The summed E-state index contributed by atoms with van der Waals surface area (Å²) in [4.78, 5) is 13.6. The second-order valence-corrected chi connectivity index (χ2v) is 4.21. The average molecular weight is 213 g/mol. The molecule has 1 heterocycles. The van der Waals surface area contributed by atoms with Crippen molar-refractivity contribution >= 4 is 5.91 Å². The van der Waals surface area contributed by atoms with Gasteiger partial charge in [-0.1, -0.05) is 13.8 Å². The van der Waals surface area contributed by atoms with Crippen LogP contribution in [0.15, 0.2) is 0 Å². The lowest BCUT2D eigenvalue weighted by Gasteiger charge is -2.27. The Balaban J connectivity index is 2.46. The summed E-state index contributed by atoms with van der Waals surface area (Å²) >= 11 is 0. The zero-order chi connectivity index (χ0) is 11.3. The summed E-state index contributed by atoms with van der Waals surface area (Å²) in [5, 5.41) is 3.14. The predicted molar refractivity (Wildman–Crippen MR) is 61.5 cm³/mol. The first kappa shape index (κ1) is 12.5. The zero-order valence-electron chi connectivity index (χ0n) is 9.83. The van der Waals surface area contributed by atoms with Crippen molar-refractivity contribution in [3.05, 3.63) is 0 Å². The van der Waals surface area contributed by atoms with Gasteiger partial charge in [-0.3, -0.25) is 9.69 Å². The number of amides is 1. The van der Waals surface area contributed by atoms with Gasteiger partial charge in [-0.05, 0) is 32.4 Å². The van der Waals surface area contributed by atoms with Crippen LogP contribution in [0.25, 0.3) is 0 Å². The maximum atomic E-state index is 11.2. The Bertz CT molecular complexity index is 208. The molecule has 0 radical (unpaired) electrons. The van der Waals surface area contributed by atoms with Gasteiger partial charge < -0.3 is 11.1 Å². The van der Waals surface area contributed by atoms with Crippen molar-refractivity contribution in [3.63, 3.8) is 0 Å². The summed E-state index contributed by atoms with van der Waals surface area (Å²) in [5.41, 5.74) is 5.36. The minimum absolute atomic E-state index is 0.192. The van der Waals surface area contributed by atoms with E-state index < -0.39 is 0 Å². The number of carbonyl (C=O) groups excluding carboxylic acids is 1. The summed E-state index contributed by atoms with van der Waals surface area (Å²) in [5.74, 6) is -0.237. The number of rotatable bonds is 6. The van der Waals surface area contributed by atoms with Crippen LogP contribution in [0.1, 0.15) is 33.1 Å². The third-order valence-corrected chi connectivity index (χ3v) is 3.18. The highest BCUT2D eigenvalue weighted by atomic mass is 16.1. The Kier molecular flexibility index (Phi) is 5.05. The standard InChI is InChI=1S/C11H23N3O/c1-3-9-6-5-7-14(9)8-10(11(12)15)13-4-2/h9-10,13H,3-8H2,1-2H3,(H2,12,15). The van der Waals surface area contributed by atoms with Crippen LogP contribution in [0.3, 0.4) is 0 Å². The van der Waals surface area contributed by atoms with Crippen molar-refractivity contribution in [2.24, 2.45) is 5.73 Å². The van der Waals surface area contributed by atoms with E-state index in [1.165, 1.54) is 12.8 Å². The molecule has 0 aromatic carbocycles. The van der Waals surface area contributed by atoms with Crippen LogP contribution in [0.2, 0.25) is 0 Å². The zero-order valence-corrected chi connectivity index (χ0v) is 9.83. The van der Waals surface area contributed by atoms with Crippen LogP contribution in [-0.2, 0) is 4.79 Å². The quantitative estimate of drug-likeness (QED) is 0.668. The van der Waals surface area contributed by atoms with Gasteiger partial charge in [-0.2, -0.15) is 0 Å². The molecule has 88 valence electrons. The minimum Gasteiger partial charge on any atom is -0.368 e. The van der Waals surface area contributed by atoms with Gasteiger partial charge in [0.15, 0.2) is 0 Å². The van der Waals surface area contributed by atoms with Gasteiger partial charge in [0.25, 0.3) is 0 Å². The van der Waals surface area contributed by atoms with Gasteiger partial charge in [0.05, 0.1) is 6.04 Å². The summed E-state index contributed by atoms with van der Waals surface area (Å²) in [6.07, 6.45) is 3.67. The molecule has 1 amide bonds. The number of likely N-dealkylation sites (tertiary alicyclic amines) is 1. The van der Waals surface area contributed by atoms with Crippen LogP contribution in [0.4, 0.5) is 0 Å². The Labute approximate surface area is 92.2 Å². The van der Waals surface area contributed by atoms with Gasteiger partial charge in [-0.15, -0.1) is 0 Å². The molecule has 0 saturated carbocycles. The topological polar surface area (TPSA) is 58.4 Å². The number of hydrogen-bond acceptors (Lipinski definition) is 3. The molecule has 0 bridgehead atoms. The number of nitrogens with zero attached hydrogens (tertiary/aromatic N) is 1. The van der Waals surface area contributed by atoms with E-state index in [1.54, 1.807) is 0 Å². The maximum Gasteiger partial charge on any atom is 0.235 e. The van der Waals surface area contributed by atoms with Crippen LogP contribution >= 0.6 is 0 Å². The molecule has 4 heteroatoms. The molecule has 0 aliphatic carbocycles. The van der Waals surface area contributed by atoms with E-state index in [2.05, 4.69) is 17.1 Å². The maximum absolute atomic E-state index is 11.2. The molecule has 2 unspecified atom stereocenters. The molecule has 1 saturated heterocycles. The molecule has 4 nitrogen and oxygen atoms in total. The second kappa shape index (κ2) is 6.08. The predicted octanol–water partition coefficient (Wildman–Crippen LogP) is 0.324. The summed E-state index contributed by atoms with van der Waals surface area (Å²) in [6.45, 7) is 6.86. The summed E-state index contributed by atoms with van der Waals surface area (Å²) < 4.78 is 0. The first-order valence-corrected chi connectivity index (χ1v) is 5.95. The van der Waals surface area contributed by atoms with E-state index in [9.17, 15) is 4.79 Å². The van der Waals surface area contributed by atoms with Crippen LogP contribution in [0.5, 0.6) is 0 Å².